The molecule has 0 amide bonds. The lowest BCUT2D eigenvalue weighted by Gasteiger charge is -2.42. The largest absolute Gasteiger partial charge is 0.314 e. The third-order valence-corrected chi connectivity index (χ3v) is 5.78. The first kappa shape index (κ1) is 15.4. The molecule has 2 aliphatic rings. The second kappa shape index (κ2) is 7.67. The van der Waals surface area contributed by atoms with Crippen molar-refractivity contribution in [2.45, 2.75) is 84.6 Å². The van der Waals surface area contributed by atoms with Gasteiger partial charge in [0.25, 0.3) is 0 Å². The maximum atomic E-state index is 3.72. The SMILES string of the molecule is CCC1CCC(CNC(C)C)C(C2CCCCC2)C1. The second-order valence-electron chi connectivity index (χ2n) is 7.47. The Morgan fingerprint density at radius 1 is 1.00 bits per heavy atom. The summed E-state index contributed by atoms with van der Waals surface area (Å²) in [6, 6.07) is 0.649. The van der Waals surface area contributed by atoms with E-state index in [1.54, 1.807) is 0 Å². The number of hydrogen-bond acceptors (Lipinski definition) is 1. The zero-order valence-electron chi connectivity index (χ0n) is 13.5. The van der Waals surface area contributed by atoms with Gasteiger partial charge in [0.1, 0.15) is 0 Å². The van der Waals surface area contributed by atoms with Gasteiger partial charge >= 0.3 is 0 Å². The summed E-state index contributed by atoms with van der Waals surface area (Å²) in [5, 5.41) is 3.72. The molecule has 19 heavy (non-hydrogen) atoms. The summed E-state index contributed by atoms with van der Waals surface area (Å²) in [7, 11) is 0. The molecule has 0 radical (unpaired) electrons. The molecule has 0 spiro atoms. The van der Waals surface area contributed by atoms with Crippen LogP contribution in [0.4, 0.5) is 0 Å². The van der Waals surface area contributed by atoms with Crippen LogP contribution in [0.3, 0.4) is 0 Å². The van der Waals surface area contributed by atoms with E-state index in [9.17, 15) is 0 Å². The molecule has 2 saturated carbocycles. The van der Waals surface area contributed by atoms with Gasteiger partial charge in [0.2, 0.25) is 0 Å². The van der Waals surface area contributed by atoms with Crippen LogP contribution in [0.1, 0.15) is 78.6 Å². The molecule has 3 unspecified atom stereocenters. The third kappa shape index (κ3) is 4.48. The lowest BCUT2D eigenvalue weighted by Crippen LogP contribution is -2.39. The Morgan fingerprint density at radius 3 is 2.37 bits per heavy atom. The van der Waals surface area contributed by atoms with Crippen LogP contribution in [-0.2, 0) is 0 Å². The van der Waals surface area contributed by atoms with Crippen LogP contribution in [0.2, 0.25) is 0 Å². The first-order chi connectivity index (χ1) is 9.20. The summed E-state index contributed by atoms with van der Waals surface area (Å²) in [6.45, 7) is 8.24. The Hall–Kier alpha value is -0.0400. The molecule has 2 rings (SSSR count). The second-order valence-corrected chi connectivity index (χ2v) is 7.47. The van der Waals surface area contributed by atoms with Crippen LogP contribution in [0.5, 0.6) is 0 Å². The van der Waals surface area contributed by atoms with Crippen molar-refractivity contribution in [3.05, 3.63) is 0 Å². The molecule has 0 aliphatic heterocycles. The van der Waals surface area contributed by atoms with E-state index in [1.165, 1.54) is 64.3 Å². The fraction of sp³-hybridized carbons (Fsp3) is 1.00. The van der Waals surface area contributed by atoms with Gasteiger partial charge in [-0.05, 0) is 43.1 Å². The molecule has 0 heterocycles. The molecule has 2 fully saturated rings. The average Bonchev–Trinajstić information content (AvgIpc) is 2.46. The molecule has 0 aromatic rings. The first-order valence-electron chi connectivity index (χ1n) is 8.94. The van der Waals surface area contributed by atoms with Crippen molar-refractivity contribution < 1.29 is 0 Å². The van der Waals surface area contributed by atoms with Gasteiger partial charge in [0.15, 0.2) is 0 Å². The van der Waals surface area contributed by atoms with Gasteiger partial charge in [-0.2, -0.15) is 0 Å². The van der Waals surface area contributed by atoms with E-state index in [4.69, 9.17) is 0 Å². The fourth-order valence-electron chi connectivity index (χ4n) is 4.51. The molecule has 1 N–H and O–H groups in total. The third-order valence-electron chi connectivity index (χ3n) is 5.78. The minimum Gasteiger partial charge on any atom is -0.314 e. The molecule has 112 valence electrons. The molecular formula is C18H35N. The zero-order valence-corrected chi connectivity index (χ0v) is 13.5. The molecule has 3 atom stereocenters. The Morgan fingerprint density at radius 2 is 1.74 bits per heavy atom. The molecule has 0 aromatic carbocycles. The minimum absolute atomic E-state index is 0.649. The quantitative estimate of drug-likeness (QED) is 0.737. The summed E-state index contributed by atoms with van der Waals surface area (Å²) in [6.07, 6.45) is 13.5. The van der Waals surface area contributed by atoms with Crippen LogP contribution < -0.4 is 5.32 Å². The Kier molecular flexibility index (Phi) is 6.19. The molecule has 0 saturated heterocycles. The molecule has 1 nitrogen and oxygen atoms in total. The van der Waals surface area contributed by atoms with Crippen molar-refractivity contribution in [1.82, 2.24) is 5.32 Å². The van der Waals surface area contributed by atoms with Crippen LogP contribution in [-0.4, -0.2) is 12.6 Å². The summed E-state index contributed by atoms with van der Waals surface area (Å²) in [5.41, 5.74) is 0. The normalized spacial score (nSPS) is 33.8. The van der Waals surface area contributed by atoms with E-state index in [0.29, 0.717) is 6.04 Å². The molecular weight excluding hydrogens is 230 g/mol. The standard InChI is InChI=1S/C18H35N/c1-4-15-10-11-17(13-19-14(2)3)18(12-15)16-8-6-5-7-9-16/h14-19H,4-13H2,1-3H3. The summed E-state index contributed by atoms with van der Waals surface area (Å²) in [5.74, 6) is 4.09. The fourth-order valence-corrected chi connectivity index (χ4v) is 4.51. The lowest BCUT2D eigenvalue weighted by molar-refractivity contribution is 0.0924. The zero-order chi connectivity index (χ0) is 13.7. The highest BCUT2D eigenvalue weighted by Gasteiger charge is 2.35. The predicted octanol–water partition coefficient (Wildman–Crippen LogP) is 5.01. The van der Waals surface area contributed by atoms with E-state index in [-0.39, 0.29) is 0 Å². The van der Waals surface area contributed by atoms with E-state index < -0.39 is 0 Å². The first-order valence-corrected chi connectivity index (χ1v) is 8.94. The molecule has 0 aromatic heterocycles. The molecule has 1 heteroatoms. The highest BCUT2D eigenvalue weighted by Crippen LogP contribution is 2.44. The predicted molar refractivity (Wildman–Crippen MR) is 84.3 cm³/mol. The number of nitrogens with one attached hydrogen (secondary N) is 1. The Labute approximate surface area is 120 Å². The summed E-state index contributed by atoms with van der Waals surface area (Å²) < 4.78 is 0. The van der Waals surface area contributed by atoms with Crippen molar-refractivity contribution in [2.75, 3.05) is 6.54 Å². The highest BCUT2D eigenvalue weighted by atomic mass is 14.9. The van der Waals surface area contributed by atoms with Gasteiger partial charge in [-0.3, -0.25) is 0 Å². The van der Waals surface area contributed by atoms with Crippen molar-refractivity contribution in [2.24, 2.45) is 23.7 Å². The number of rotatable bonds is 5. The number of hydrogen-bond donors (Lipinski definition) is 1. The van der Waals surface area contributed by atoms with Crippen molar-refractivity contribution >= 4 is 0 Å². The molecule has 2 aliphatic carbocycles. The van der Waals surface area contributed by atoms with E-state index >= 15 is 0 Å². The van der Waals surface area contributed by atoms with Crippen molar-refractivity contribution in [3.63, 3.8) is 0 Å². The monoisotopic (exact) mass is 265 g/mol. The lowest BCUT2D eigenvalue weighted by atomic mass is 9.65. The maximum Gasteiger partial charge on any atom is 0.00104 e. The van der Waals surface area contributed by atoms with Gasteiger partial charge in [0.05, 0.1) is 0 Å². The van der Waals surface area contributed by atoms with Crippen LogP contribution in [0.25, 0.3) is 0 Å². The Balaban J connectivity index is 1.93. The summed E-state index contributed by atoms with van der Waals surface area (Å²) >= 11 is 0. The van der Waals surface area contributed by atoms with E-state index in [1.807, 2.05) is 0 Å². The molecule has 0 bridgehead atoms. The van der Waals surface area contributed by atoms with Crippen LogP contribution in [0.15, 0.2) is 0 Å². The van der Waals surface area contributed by atoms with E-state index in [0.717, 1.165) is 23.7 Å². The smallest absolute Gasteiger partial charge is 0.00104 e. The topological polar surface area (TPSA) is 12.0 Å². The van der Waals surface area contributed by atoms with Crippen LogP contribution in [0, 0.1) is 23.7 Å². The van der Waals surface area contributed by atoms with Crippen molar-refractivity contribution in [1.29, 1.82) is 0 Å². The van der Waals surface area contributed by atoms with Gasteiger partial charge in [-0.15, -0.1) is 0 Å². The highest BCUT2D eigenvalue weighted by molar-refractivity contribution is 4.86. The van der Waals surface area contributed by atoms with Gasteiger partial charge in [-0.25, -0.2) is 0 Å². The van der Waals surface area contributed by atoms with Crippen LogP contribution >= 0.6 is 0 Å². The minimum atomic E-state index is 0.649. The van der Waals surface area contributed by atoms with E-state index in [2.05, 4.69) is 26.1 Å². The van der Waals surface area contributed by atoms with Gasteiger partial charge in [-0.1, -0.05) is 65.7 Å². The van der Waals surface area contributed by atoms with Gasteiger partial charge in [0, 0.05) is 6.04 Å². The Bertz CT molecular complexity index is 242. The maximum absolute atomic E-state index is 3.72. The van der Waals surface area contributed by atoms with Gasteiger partial charge < -0.3 is 5.32 Å². The summed E-state index contributed by atoms with van der Waals surface area (Å²) in [4.78, 5) is 0. The average molecular weight is 265 g/mol. The van der Waals surface area contributed by atoms with Crippen molar-refractivity contribution in [3.8, 4) is 0 Å².